The molecule has 0 aromatic heterocycles. The summed E-state index contributed by atoms with van der Waals surface area (Å²) in [7, 11) is 0. The summed E-state index contributed by atoms with van der Waals surface area (Å²) in [5.41, 5.74) is 0.843. The second-order valence-electron chi connectivity index (χ2n) is 4.09. The lowest BCUT2D eigenvalue weighted by molar-refractivity contribution is -0.140. The number of ether oxygens (including phenoxy) is 1. The van der Waals surface area contributed by atoms with E-state index in [4.69, 9.17) is 4.74 Å². The van der Waals surface area contributed by atoms with E-state index in [1.807, 2.05) is 0 Å². The first-order chi connectivity index (χ1) is 9.43. The third-order valence-corrected chi connectivity index (χ3v) is 2.47. The highest BCUT2D eigenvalue weighted by Gasteiger charge is 2.19. The third kappa shape index (κ3) is 4.64. The number of hydrogen-bond acceptors (Lipinski definition) is 5. The second kappa shape index (κ2) is 7.18. The van der Waals surface area contributed by atoms with Crippen LogP contribution in [-0.4, -0.2) is 28.8 Å². The molecular formula is C14H17NO5. The number of hydrogen-bond donors (Lipinski definition) is 3. The van der Waals surface area contributed by atoms with Gasteiger partial charge in [0.2, 0.25) is 0 Å². The molecule has 1 aromatic rings. The number of benzene rings is 1. The maximum atomic E-state index is 11.3. The molecule has 1 aromatic carbocycles. The van der Waals surface area contributed by atoms with Gasteiger partial charge in [0.15, 0.2) is 0 Å². The van der Waals surface area contributed by atoms with E-state index in [0.29, 0.717) is 11.3 Å². The lowest BCUT2D eigenvalue weighted by atomic mass is 10.1. The summed E-state index contributed by atoms with van der Waals surface area (Å²) in [6.45, 7) is 3.52. The normalized spacial score (nSPS) is 12.6. The van der Waals surface area contributed by atoms with E-state index in [1.165, 1.54) is 30.3 Å². The maximum Gasteiger partial charge on any atom is 0.332 e. The molecule has 1 atom stereocenters. The van der Waals surface area contributed by atoms with Crippen LogP contribution < -0.4 is 5.32 Å². The average molecular weight is 279 g/mol. The smallest absolute Gasteiger partial charge is 0.332 e. The van der Waals surface area contributed by atoms with Crippen LogP contribution in [0.25, 0.3) is 0 Å². The Kier molecular flexibility index (Phi) is 5.58. The summed E-state index contributed by atoms with van der Waals surface area (Å²) in [4.78, 5) is 22.5. The van der Waals surface area contributed by atoms with Crippen LogP contribution in [0.15, 0.2) is 36.0 Å². The molecule has 0 spiro atoms. The summed E-state index contributed by atoms with van der Waals surface area (Å²) < 4.78 is 4.74. The van der Waals surface area contributed by atoms with Gasteiger partial charge in [-0.25, -0.2) is 9.59 Å². The van der Waals surface area contributed by atoms with E-state index < -0.39 is 18.0 Å². The molecule has 6 nitrogen and oxygen atoms in total. The van der Waals surface area contributed by atoms with Crippen LogP contribution in [0.1, 0.15) is 25.5 Å². The number of phenolic OH excluding ortho intramolecular Hbond substituents is 1. The Bertz CT molecular complexity index is 507. The fourth-order valence-electron chi connectivity index (χ4n) is 1.58. The van der Waals surface area contributed by atoms with Gasteiger partial charge in [-0.3, -0.25) is 0 Å². The van der Waals surface area contributed by atoms with Crippen molar-refractivity contribution in [2.24, 2.45) is 0 Å². The second-order valence-corrected chi connectivity index (χ2v) is 4.09. The summed E-state index contributed by atoms with van der Waals surface area (Å²) in [6, 6.07) is 4.79. The van der Waals surface area contributed by atoms with Crippen molar-refractivity contribution >= 4 is 11.9 Å². The molecule has 1 unspecified atom stereocenters. The Morgan fingerprint density at radius 3 is 2.45 bits per heavy atom. The maximum absolute atomic E-state index is 11.3. The van der Waals surface area contributed by atoms with Crippen LogP contribution in [0, 0.1) is 0 Å². The fourth-order valence-corrected chi connectivity index (χ4v) is 1.58. The van der Waals surface area contributed by atoms with E-state index >= 15 is 0 Å². The van der Waals surface area contributed by atoms with Crippen LogP contribution in [0.3, 0.4) is 0 Å². The van der Waals surface area contributed by atoms with E-state index in [9.17, 15) is 19.8 Å². The Hall–Kier alpha value is -2.50. The van der Waals surface area contributed by atoms with Gasteiger partial charge >= 0.3 is 11.9 Å². The number of carboxylic acid groups (broad SMARTS) is 1. The van der Waals surface area contributed by atoms with Crippen LogP contribution in [0.5, 0.6) is 5.75 Å². The van der Waals surface area contributed by atoms with E-state index in [-0.39, 0.29) is 12.4 Å². The summed E-state index contributed by atoms with van der Waals surface area (Å²) in [5, 5.41) is 21.1. The highest BCUT2D eigenvalue weighted by atomic mass is 16.5. The number of carbonyl (C=O) groups excluding carboxylic acids is 1. The molecule has 3 N–H and O–H groups in total. The van der Waals surface area contributed by atoms with Gasteiger partial charge in [0.05, 0.1) is 6.61 Å². The third-order valence-electron chi connectivity index (χ3n) is 2.47. The summed E-state index contributed by atoms with van der Waals surface area (Å²) >= 11 is 0. The molecule has 0 radical (unpaired) electrons. The predicted octanol–water partition coefficient (Wildman–Crippen LogP) is 1.57. The molecular weight excluding hydrogens is 262 g/mol. The molecule has 0 heterocycles. The van der Waals surface area contributed by atoms with Crippen molar-refractivity contribution < 1.29 is 24.5 Å². The Morgan fingerprint density at radius 1 is 1.35 bits per heavy atom. The van der Waals surface area contributed by atoms with Crippen molar-refractivity contribution in [1.82, 2.24) is 5.32 Å². The average Bonchev–Trinajstić information content (AvgIpc) is 2.37. The van der Waals surface area contributed by atoms with Gasteiger partial charge in [-0.15, -0.1) is 0 Å². The SMILES string of the molecule is CCOC(=O)/C=C(/C)NC(C(=O)O)c1ccc(O)cc1. The minimum Gasteiger partial charge on any atom is -0.508 e. The van der Waals surface area contributed by atoms with Crippen molar-refractivity contribution in [3.8, 4) is 5.75 Å². The molecule has 0 aliphatic rings. The number of esters is 1. The van der Waals surface area contributed by atoms with Gasteiger partial charge < -0.3 is 20.3 Å². The van der Waals surface area contributed by atoms with E-state index in [0.717, 1.165) is 0 Å². The standard InChI is InChI=1S/C14H17NO5/c1-3-20-12(17)8-9(2)15-13(14(18)19)10-4-6-11(16)7-5-10/h4-8,13,15-16H,3H2,1-2H3,(H,18,19)/b9-8-. The zero-order valence-corrected chi connectivity index (χ0v) is 11.3. The monoisotopic (exact) mass is 279 g/mol. The van der Waals surface area contributed by atoms with Crippen LogP contribution in [0.2, 0.25) is 0 Å². The van der Waals surface area contributed by atoms with Crippen LogP contribution in [-0.2, 0) is 14.3 Å². The van der Waals surface area contributed by atoms with E-state index in [2.05, 4.69) is 5.32 Å². The van der Waals surface area contributed by atoms with Crippen molar-refractivity contribution in [3.05, 3.63) is 41.6 Å². The van der Waals surface area contributed by atoms with Gasteiger partial charge in [0, 0.05) is 11.8 Å². The first-order valence-electron chi connectivity index (χ1n) is 6.07. The first-order valence-corrected chi connectivity index (χ1v) is 6.07. The van der Waals surface area contributed by atoms with Gasteiger partial charge in [0.1, 0.15) is 11.8 Å². The number of carboxylic acids is 1. The molecule has 0 saturated heterocycles. The van der Waals surface area contributed by atoms with Gasteiger partial charge in [0.25, 0.3) is 0 Å². The van der Waals surface area contributed by atoms with Gasteiger partial charge in [-0.05, 0) is 31.5 Å². The highest BCUT2D eigenvalue weighted by Crippen LogP contribution is 2.18. The van der Waals surface area contributed by atoms with Crippen molar-refractivity contribution in [2.45, 2.75) is 19.9 Å². The molecule has 0 aliphatic carbocycles. The largest absolute Gasteiger partial charge is 0.508 e. The molecule has 0 fully saturated rings. The zero-order chi connectivity index (χ0) is 15.1. The van der Waals surface area contributed by atoms with E-state index in [1.54, 1.807) is 13.8 Å². The number of allylic oxidation sites excluding steroid dienone is 1. The molecule has 0 saturated carbocycles. The predicted molar refractivity (Wildman–Crippen MR) is 72.0 cm³/mol. The molecule has 108 valence electrons. The molecule has 0 amide bonds. The van der Waals surface area contributed by atoms with Gasteiger partial charge in [-0.2, -0.15) is 0 Å². The molecule has 0 bridgehead atoms. The highest BCUT2D eigenvalue weighted by molar-refractivity contribution is 5.83. The number of nitrogens with one attached hydrogen (secondary N) is 1. The Morgan fingerprint density at radius 2 is 1.95 bits per heavy atom. The fraction of sp³-hybridized carbons (Fsp3) is 0.286. The van der Waals surface area contributed by atoms with Crippen molar-refractivity contribution in [3.63, 3.8) is 0 Å². The number of carbonyl (C=O) groups is 2. The summed E-state index contributed by atoms with van der Waals surface area (Å²) in [5.74, 6) is -1.57. The summed E-state index contributed by atoms with van der Waals surface area (Å²) in [6.07, 6.45) is 1.19. The van der Waals surface area contributed by atoms with Gasteiger partial charge in [-0.1, -0.05) is 12.1 Å². The Balaban J connectivity index is 2.85. The van der Waals surface area contributed by atoms with Crippen LogP contribution >= 0.6 is 0 Å². The lowest BCUT2D eigenvalue weighted by Gasteiger charge is -2.16. The number of aliphatic carboxylic acids is 1. The molecule has 0 aliphatic heterocycles. The molecule has 20 heavy (non-hydrogen) atoms. The topological polar surface area (TPSA) is 95.9 Å². The minimum atomic E-state index is -1.09. The molecule has 6 heteroatoms. The minimum absolute atomic E-state index is 0.0525. The number of aromatic hydroxyl groups is 1. The number of phenols is 1. The Labute approximate surface area is 116 Å². The quantitative estimate of drug-likeness (QED) is 0.540. The molecule has 1 rings (SSSR count). The van der Waals surface area contributed by atoms with Crippen molar-refractivity contribution in [1.29, 1.82) is 0 Å². The van der Waals surface area contributed by atoms with Crippen molar-refractivity contribution in [2.75, 3.05) is 6.61 Å². The number of rotatable bonds is 6. The zero-order valence-electron chi connectivity index (χ0n) is 11.3. The lowest BCUT2D eigenvalue weighted by Crippen LogP contribution is -2.27. The van der Waals surface area contributed by atoms with Crippen LogP contribution in [0.4, 0.5) is 0 Å². The first kappa shape index (κ1) is 15.6.